The van der Waals surface area contributed by atoms with Crippen molar-refractivity contribution in [2.24, 2.45) is 45.8 Å². The number of carbonyl (C=O) groups excluding carboxylic acids is 1. The summed E-state index contributed by atoms with van der Waals surface area (Å²) < 4.78 is 0. The van der Waals surface area contributed by atoms with Crippen LogP contribution in [0.25, 0.3) is 0 Å². The molecule has 10 atom stereocenters. The van der Waals surface area contributed by atoms with Gasteiger partial charge in [0.05, 0.1) is 12.2 Å². The summed E-state index contributed by atoms with van der Waals surface area (Å²) in [6.45, 7) is 6.36. The van der Waals surface area contributed by atoms with Gasteiger partial charge in [-0.1, -0.05) is 13.8 Å². The molecule has 5 fully saturated rings. The van der Waals surface area contributed by atoms with Gasteiger partial charge in [-0.25, -0.2) is 0 Å². The van der Waals surface area contributed by atoms with Crippen molar-refractivity contribution in [3.8, 4) is 0 Å². The summed E-state index contributed by atoms with van der Waals surface area (Å²) in [4.78, 5) is 12.2. The fraction of sp³-hybridized carbons (Fsp3) is 0.952. The van der Waals surface area contributed by atoms with Gasteiger partial charge >= 0.3 is 0 Å². The Labute approximate surface area is 145 Å². The van der Waals surface area contributed by atoms with E-state index in [0.29, 0.717) is 29.5 Å². The van der Waals surface area contributed by atoms with Gasteiger partial charge in [0, 0.05) is 11.3 Å². The average molecular weight is 332 g/mol. The summed E-state index contributed by atoms with van der Waals surface area (Å²) in [5.74, 6) is 2.34. The molecule has 0 radical (unpaired) electrons. The molecule has 0 saturated heterocycles. The first-order valence-electron chi connectivity index (χ1n) is 10.1. The van der Waals surface area contributed by atoms with Crippen molar-refractivity contribution in [3.63, 3.8) is 0 Å². The van der Waals surface area contributed by atoms with Crippen LogP contribution in [0, 0.1) is 45.8 Å². The predicted octanol–water partition coefficient (Wildman–Crippen LogP) is 3.18. The Kier molecular flexibility index (Phi) is 2.94. The Bertz CT molecular complexity index is 602. The molecule has 0 aromatic rings. The molecule has 0 aromatic heterocycles. The van der Waals surface area contributed by atoms with Gasteiger partial charge < -0.3 is 10.2 Å². The number of Topliss-reactive ketones (excluding diaryl/α,β-unsaturated/α-hetero) is 1. The second-order valence-electron chi connectivity index (χ2n) is 10.5. The lowest BCUT2D eigenvalue weighted by Gasteiger charge is -2.61. The third-order valence-electron chi connectivity index (χ3n) is 10.00. The summed E-state index contributed by atoms with van der Waals surface area (Å²) in [6.07, 6.45) is 6.83. The molecule has 2 N–H and O–H groups in total. The summed E-state index contributed by atoms with van der Waals surface area (Å²) in [5.41, 5.74) is 0.158. The van der Waals surface area contributed by atoms with E-state index in [1.807, 2.05) is 0 Å². The van der Waals surface area contributed by atoms with Gasteiger partial charge in [0.2, 0.25) is 0 Å². The maximum Gasteiger partial charge on any atom is 0.133 e. The molecule has 0 bridgehead atoms. The molecule has 5 aliphatic carbocycles. The van der Waals surface area contributed by atoms with Crippen molar-refractivity contribution >= 4 is 5.78 Å². The standard InChI is InChI=1S/C21H32O3/c1-11(22)14-4-5-15-13-8-17(24)21-9-12(21)6-7-20(21,3)18(13)16(23)10-19(14,15)2/h12-18,23-24H,4-10H2,1-3H3/t12-,13+,14+,15-,16-,17+,18+,19+,20-,21+/m1/s1. The number of hydrogen-bond donors (Lipinski definition) is 2. The Morgan fingerprint density at radius 1 is 1.08 bits per heavy atom. The van der Waals surface area contributed by atoms with E-state index < -0.39 is 0 Å². The van der Waals surface area contributed by atoms with Crippen molar-refractivity contribution in [2.75, 3.05) is 0 Å². The van der Waals surface area contributed by atoms with Crippen LogP contribution in [0.3, 0.4) is 0 Å². The number of fused-ring (bicyclic) bond motifs is 4. The minimum atomic E-state index is -0.301. The zero-order valence-electron chi connectivity index (χ0n) is 15.3. The van der Waals surface area contributed by atoms with Crippen LogP contribution in [0.4, 0.5) is 0 Å². The zero-order chi connectivity index (χ0) is 17.1. The first-order valence-corrected chi connectivity index (χ1v) is 10.1. The minimum Gasteiger partial charge on any atom is -0.393 e. The first kappa shape index (κ1) is 15.8. The highest BCUT2D eigenvalue weighted by molar-refractivity contribution is 5.79. The van der Waals surface area contributed by atoms with Crippen LogP contribution in [0.1, 0.15) is 65.7 Å². The van der Waals surface area contributed by atoms with Crippen molar-refractivity contribution < 1.29 is 15.0 Å². The molecule has 134 valence electrons. The number of hydrogen-bond acceptors (Lipinski definition) is 3. The molecule has 5 saturated carbocycles. The molecule has 0 aromatic carbocycles. The largest absolute Gasteiger partial charge is 0.393 e. The Morgan fingerprint density at radius 2 is 1.83 bits per heavy atom. The summed E-state index contributed by atoms with van der Waals surface area (Å²) in [7, 11) is 0. The Morgan fingerprint density at radius 3 is 2.50 bits per heavy atom. The normalized spacial score (nSPS) is 64.0. The molecule has 5 aliphatic rings. The number of aliphatic hydroxyl groups is 2. The van der Waals surface area contributed by atoms with Crippen LogP contribution >= 0.6 is 0 Å². The quantitative estimate of drug-likeness (QED) is 0.775. The highest BCUT2D eigenvalue weighted by Gasteiger charge is 2.78. The molecule has 5 rings (SSSR count). The lowest BCUT2D eigenvalue weighted by atomic mass is 9.44. The average Bonchev–Trinajstić information content (AvgIpc) is 3.02. The Hall–Kier alpha value is -0.410. The van der Waals surface area contributed by atoms with Crippen molar-refractivity contribution in [1.29, 1.82) is 0 Å². The predicted molar refractivity (Wildman–Crippen MR) is 91.1 cm³/mol. The molecule has 1 spiro atoms. The maximum absolute atomic E-state index is 12.2. The molecule has 24 heavy (non-hydrogen) atoms. The minimum absolute atomic E-state index is 0.0610. The number of ketones is 1. The van der Waals surface area contributed by atoms with Crippen LogP contribution < -0.4 is 0 Å². The first-order chi connectivity index (χ1) is 11.3. The van der Waals surface area contributed by atoms with Crippen molar-refractivity contribution in [3.05, 3.63) is 0 Å². The van der Waals surface area contributed by atoms with E-state index in [1.54, 1.807) is 6.92 Å². The van der Waals surface area contributed by atoms with E-state index in [9.17, 15) is 15.0 Å². The third kappa shape index (κ3) is 1.52. The fourth-order valence-electron chi connectivity index (χ4n) is 9.10. The molecule has 0 unspecified atom stereocenters. The molecular weight excluding hydrogens is 300 g/mol. The molecule has 0 amide bonds. The molecular formula is C21H32O3. The van der Waals surface area contributed by atoms with Crippen LogP contribution in [0.2, 0.25) is 0 Å². The second-order valence-corrected chi connectivity index (χ2v) is 10.5. The summed E-state index contributed by atoms with van der Waals surface area (Å²) in [6, 6.07) is 0. The van der Waals surface area contributed by atoms with Gasteiger partial charge in [-0.2, -0.15) is 0 Å². The lowest BCUT2D eigenvalue weighted by molar-refractivity contribution is -0.193. The van der Waals surface area contributed by atoms with Gasteiger partial charge in [-0.05, 0) is 86.4 Å². The highest BCUT2D eigenvalue weighted by atomic mass is 16.3. The third-order valence-corrected chi connectivity index (χ3v) is 10.00. The fourth-order valence-corrected chi connectivity index (χ4v) is 9.10. The van der Waals surface area contributed by atoms with Crippen molar-refractivity contribution in [1.82, 2.24) is 0 Å². The monoisotopic (exact) mass is 332 g/mol. The molecule has 0 heterocycles. The number of aliphatic hydroxyl groups excluding tert-OH is 2. The van der Waals surface area contributed by atoms with Crippen LogP contribution in [-0.2, 0) is 4.79 Å². The van der Waals surface area contributed by atoms with E-state index in [4.69, 9.17) is 0 Å². The van der Waals surface area contributed by atoms with Crippen molar-refractivity contribution in [2.45, 2.75) is 77.9 Å². The van der Waals surface area contributed by atoms with E-state index in [1.165, 1.54) is 19.3 Å². The highest BCUT2D eigenvalue weighted by Crippen LogP contribution is 2.81. The number of rotatable bonds is 1. The van der Waals surface area contributed by atoms with E-state index in [-0.39, 0.29) is 34.4 Å². The van der Waals surface area contributed by atoms with Gasteiger partial charge in [-0.15, -0.1) is 0 Å². The summed E-state index contributed by atoms with van der Waals surface area (Å²) >= 11 is 0. The van der Waals surface area contributed by atoms with Crippen LogP contribution in [0.15, 0.2) is 0 Å². The summed E-state index contributed by atoms with van der Waals surface area (Å²) in [5, 5.41) is 22.4. The van der Waals surface area contributed by atoms with Gasteiger partial charge in [-0.3, -0.25) is 4.79 Å². The van der Waals surface area contributed by atoms with E-state index in [2.05, 4.69) is 13.8 Å². The Balaban J connectivity index is 1.56. The zero-order valence-corrected chi connectivity index (χ0v) is 15.3. The van der Waals surface area contributed by atoms with Gasteiger partial charge in [0.25, 0.3) is 0 Å². The van der Waals surface area contributed by atoms with Gasteiger partial charge in [0.15, 0.2) is 0 Å². The smallest absolute Gasteiger partial charge is 0.133 e. The SMILES string of the molecule is CC(=O)[C@@H]1CC[C@@H]2[C@@H]3C[C@H](O)[C@]45C[C@H]4CC[C@]5(C)[C@@H]3[C@H](O)C[C@]21C. The maximum atomic E-state index is 12.2. The molecule has 3 nitrogen and oxygen atoms in total. The molecule has 0 aliphatic heterocycles. The van der Waals surface area contributed by atoms with E-state index >= 15 is 0 Å². The topological polar surface area (TPSA) is 57.5 Å². The lowest BCUT2D eigenvalue weighted by Crippen LogP contribution is -2.61. The van der Waals surface area contributed by atoms with Gasteiger partial charge in [0.1, 0.15) is 5.78 Å². The number of carbonyl (C=O) groups is 1. The second kappa shape index (κ2) is 4.46. The van der Waals surface area contributed by atoms with E-state index in [0.717, 1.165) is 25.7 Å². The van der Waals surface area contributed by atoms with Crippen LogP contribution in [0.5, 0.6) is 0 Å². The van der Waals surface area contributed by atoms with Crippen LogP contribution in [-0.4, -0.2) is 28.2 Å². The molecule has 3 heteroatoms.